The molecule has 1 N–H and O–H groups in total. The first-order valence-electron chi connectivity index (χ1n) is 5.97. The van der Waals surface area contributed by atoms with Crippen molar-refractivity contribution in [3.8, 4) is 0 Å². The molecule has 0 amide bonds. The fourth-order valence-corrected chi connectivity index (χ4v) is 3.16. The first kappa shape index (κ1) is 12.0. The maximum absolute atomic E-state index is 8.96. The minimum atomic E-state index is 0.0687. The summed E-state index contributed by atoms with van der Waals surface area (Å²) >= 11 is 1.68. The highest BCUT2D eigenvalue weighted by atomic mass is 32.1. The van der Waals surface area contributed by atoms with E-state index in [9.17, 15) is 0 Å². The maximum atomic E-state index is 8.96. The zero-order valence-electron chi connectivity index (χ0n) is 10.0. The average Bonchev–Trinajstić information content (AvgIpc) is 2.87. The van der Waals surface area contributed by atoms with Crippen molar-refractivity contribution in [3.05, 3.63) is 16.1 Å². The van der Waals surface area contributed by atoms with Crippen LogP contribution in [0.4, 0.5) is 0 Å². The Bertz CT molecular complexity index is 338. The molecule has 1 fully saturated rings. The van der Waals surface area contributed by atoms with Crippen LogP contribution in [0.15, 0.2) is 5.38 Å². The van der Waals surface area contributed by atoms with Crippen LogP contribution >= 0.6 is 11.3 Å². The molecule has 2 rings (SSSR count). The van der Waals surface area contributed by atoms with Crippen molar-refractivity contribution in [1.29, 1.82) is 0 Å². The van der Waals surface area contributed by atoms with Crippen LogP contribution in [0.25, 0.3) is 0 Å². The van der Waals surface area contributed by atoms with Gasteiger partial charge in [-0.15, -0.1) is 11.3 Å². The van der Waals surface area contributed by atoms with Gasteiger partial charge in [0.2, 0.25) is 0 Å². The van der Waals surface area contributed by atoms with Crippen LogP contribution in [0.3, 0.4) is 0 Å². The highest BCUT2D eigenvalue weighted by molar-refractivity contribution is 7.09. The Labute approximate surface area is 101 Å². The Hall–Kier alpha value is -0.450. The normalized spacial score (nSPS) is 22.1. The lowest BCUT2D eigenvalue weighted by molar-refractivity contribution is 0.264. The topological polar surface area (TPSA) is 36.4 Å². The first-order valence-corrected chi connectivity index (χ1v) is 6.85. The zero-order chi connectivity index (χ0) is 11.5. The van der Waals surface area contributed by atoms with Gasteiger partial charge in [0, 0.05) is 24.4 Å². The van der Waals surface area contributed by atoms with Crippen molar-refractivity contribution in [2.75, 3.05) is 13.1 Å². The highest BCUT2D eigenvalue weighted by Crippen LogP contribution is 2.23. The van der Waals surface area contributed by atoms with Crippen molar-refractivity contribution >= 4 is 11.3 Å². The van der Waals surface area contributed by atoms with Gasteiger partial charge in [-0.1, -0.05) is 0 Å². The Kier molecular flexibility index (Phi) is 3.95. The lowest BCUT2D eigenvalue weighted by atomic mass is 10.1. The third kappa shape index (κ3) is 2.81. The predicted molar refractivity (Wildman–Crippen MR) is 66.6 cm³/mol. The summed E-state index contributed by atoms with van der Waals surface area (Å²) in [5, 5.41) is 12.1. The van der Waals surface area contributed by atoms with Crippen LogP contribution in [0.5, 0.6) is 0 Å². The van der Waals surface area contributed by atoms with E-state index >= 15 is 0 Å². The van der Waals surface area contributed by atoms with Crippen LogP contribution in [0, 0.1) is 5.92 Å². The smallest absolute Gasteiger partial charge is 0.0932 e. The van der Waals surface area contributed by atoms with E-state index in [4.69, 9.17) is 5.11 Å². The molecule has 0 aliphatic carbocycles. The van der Waals surface area contributed by atoms with Crippen LogP contribution in [0.2, 0.25) is 0 Å². The van der Waals surface area contributed by atoms with Crippen molar-refractivity contribution in [1.82, 2.24) is 9.88 Å². The van der Waals surface area contributed by atoms with E-state index in [1.54, 1.807) is 11.3 Å². The summed E-state index contributed by atoms with van der Waals surface area (Å²) in [5.74, 6) is 0.750. The van der Waals surface area contributed by atoms with Crippen LogP contribution < -0.4 is 0 Å². The Balaban J connectivity index is 1.87. The number of nitrogens with zero attached hydrogens (tertiary/aromatic N) is 2. The largest absolute Gasteiger partial charge is 0.390 e. The van der Waals surface area contributed by atoms with E-state index in [1.165, 1.54) is 24.5 Å². The van der Waals surface area contributed by atoms with E-state index in [2.05, 4.69) is 23.7 Å². The molecule has 1 aromatic heterocycles. The number of likely N-dealkylation sites (tertiary alicyclic amines) is 1. The molecule has 0 spiro atoms. The molecular weight excluding hydrogens is 220 g/mol. The second kappa shape index (κ2) is 5.25. The molecule has 4 heteroatoms. The summed E-state index contributed by atoms with van der Waals surface area (Å²) in [5.41, 5.74) is 0.818. The van der Waals surface area contributed by atoms with Gasteiger partial charge in [0.1, 0.15) is 0 Å². The number of hydrogen-bond donors (Lipinski definition) is 1. The summed E-state index contributed by atoms with van der Waals surface area (Å²) < 4.78 is 0. The van der Waals surface area contributed by atoms with Gasteiger partial charge in [0.15, 0.2) is 0 Å². The number of aliphatic hydroxyl groups excluding tert-OH is 1. The van der Waals surface area contributed by atoms with Crippen molar-refractivity contribution in [2.45, 2.75) is 39.3 Å². The van der Waals surface area contributed by atoms with Gasteiger partial charge in [-0.3, -0.25) is 0 Å². The van der Waals surface area contributed by atoms with Gasteiger partial charge >= 0.3 is 0 Å². The Morgan fingerprint density at radius 3 is 3.00 bits per heavy atom. The summed E-state index contributed by atoms with van der Waals surface area (Å²) in [6.45, 7) is 7.01. The molecule has 16 heavy (non-hydrogen) atoms. The summed E-state index contributed by atoms with van der Waals surface area (Å²) in [6, 6.07) is 0.661. The lowest BCUT2D eigenvalue weighted by Crippen LogP contribution is -2.28. The van der Waals surface area contributed by atoms with Crippen molar-refractivity contribution in [2.24, 2.45) is 5.92 Å². The van der Waals surface area contributed by atoms with Crippen LogP contribution in [-0.2, 0) is 13.0 Å². The molecular formula is C12H20N2OS. The molecule has 1 aliphatic rings. The van der Waals surface area contributed by atoms with E-state index in [1.807, 2.05) is 5.38 Å². The highest BCUT2D eigenvalue weighted by Gasteiger charge is 2.24. The summed E-state index contributed by atoms with van der Waals surface area (Å²) in [7, 11) is 0. The third-order valence-electron chi connectivity index (χ3n) is 3.27. The van der Waals surface area contributed by atoms with Crippen LogP contribution in [-0.4, -0.2) is 34.1 Å². The first-order chi connectivity index (χ1) is 7.69. The van der Waals surface area contributed by atoms with Gasteiger partial charge in [-0.05, 0) is 32.7 Å². The second-order valence-corrected chi connectivity index (χ2v) is 5.78. The van der Waals surface area contributed by atoms with Gasteiger partial charge in [0.25, 0.3) is 0 Å². The summed E-state index contributed by atoms with van der Waals surface area (Å²) in [4.78, 5) is 6.95. The van der Waals surface area contributed by atoms with E-state index in [-0.39, 0.29) is 6.61 Å². The molecule has 90 valence electrons. The standard InChI is InChI=1S/C12H20N2OS/c1-9(2)14-4-3-10(6-14)5-12-13-11(7-15)8-16-12/h8-10,15H,3-7H2,1-2H3. The van der Waals surface area contributed by atoms with E-state index in [0.717, 1.165) is 18.0 Å². The van der Waals surface area contributed by atoms with Gasteiger partial charge in [-0.25, -0.2) is 4.98 Å². The maximum Gasteiger partial charge on any atom is 0.0932 e. The molecule has 3 nitrogen and oxygen atoms in total. The molecule has 0 saturated carbocycles. The van der Waals surface area contributed by atoms with Crippen molar-refractivity contribution in [3.63, 3.8) is 0 Å². The minimum absolute atomic E-state index is 0.0687. The third-order valence-corrected chi connectivity index (χ3v) is 4.19. The molecule has 1 aromatic rings. The molecule has 1 aliphatic heterocycles. The number of thiazole rings is 1. The van der Waals surface area contributed by atoms with Gasteiger partial charge < -0.3 is 10.0 Å². The monoisotopic (exact) mass is 240 g/mol. The Morgan fingerprint density at radius 1 is 1.62 bits per heavy atom. The molecule has 2 heterocycles. The fraction of sp³-hybridized carbons (Fsp3) is 0.750. The number of aromatic nitrogens is 1. The quantitative estimate of drug-likeness (QED) is 0.873. The Morgan fingerprint density at radius 2 is 2.44 bits per heavy atom. The molecule has 0 bridgehead atoms. The molecule has 0 radical (unpaired) electrons. The second-order valence-electron chi connectivity index (χ2n) is 4.84. The molecule has 1 unspecified atom stereocenters. The number of aliphatic hydroxyl groups is 1. The number of rotatable bonds is 4. The minimum Gasteiger partial charge on any atom is -0.390 e. The zero-order valence-corrected chi connectivity index (χ0v) is 10.8. The SMILES string of the molecule is CC(C)N1CCC(Cc2nc(CO)cs2)C1. The van der Waals surface area contributed by atoms with Crippen LogP contribution in [0.1, 0.15) is 31.0 Å². The molecule has 1 saturated heterocycles. The van der Waals surface area contributed by atoms with Gasteiger partial charge in [-0.2, -0.15) is 0 Å². The fourth-order valence-electron chi connectivity index (χ4n) is 2.26. The van der Waals surface area contributed by atoms with Gasteiger partial charge in [0.05, 0.1) is 17.3 Å². The van der Waals surface area contributed by atoms with E-state index in [0.29, 0.717) is 6.04 Å². The lowest BCUT2D eigenvalue weighted by Gasteiger charge is -2.19. The van der Waals surface area contributed by atoms with Crippen molar-refractivity contribution < 1.29 is 5.11 Å². The predicted octanol–water partition coefficient (Wildman–Crippen LogP) is 1.91. The summed E-state index contributed by atoms with van der Waals surface area (Å²) in [6.07, 6.45) is 2.36. The number of hydrogen-bond acceptors (Lipinski definition) is 4. The molecule has 0 aromatic carbocycles. The average molecular weight is 240 g/mol. The molecule has 1 atom stereocenters. The van der Waals surface area contributed by atoms with E-state index < -0.39 is 0 Å².